The molecule has 112 valence electrons. The van der Waals surface area contributed by atoms with Gasteiger partial charge in [0.2, 0.25) is 0 Å². The van der Waals surface area contributed by atoms with Gasteiger partial charge in [0.1, 0.15) is 0 Å². The molecule has 0 saturated heterocycles. The van der Waals surface area contributed by atoms with Crippen molar-refractivity contribution in [2.45, 2.75) is 71.6 Å². The molecular weight excluding hydrogens is 267 g/mol. The Morgan fingerprint density at radius 1 is 0.950 bits per heavy atom. The number of aliphatic carboxylic acids is 1. The maximum Gasteiger partial charge on any atom is 1.00 e. The van der Waals surface area contributed by atoms with Crippen molar-refractivity contribution in [3.05, 3.63) is 0 Å². The smallest absolute Gasteiger partial charge is 0.549 e. The van der Waals surface area contributed by atoms with Crippen molar-refractivity contribution in [1.29, 1.82) is 0 Å². The molecule has 0 fully saturated rings. The Labute approximate surface area is 144 Å². The first kappa shape index (κ1) is 22.2. The second-order valence-electron chi connectivity index (χ2n) is 4.89. The first-order valence-electron chi connectivity index (χ1n) is 7.50. The van der Waals surface area contributed by atoms with Crippen LogP contribution in [-0.4, -0.2) is 18.5 Å². The molecule has 0 aromatic carbocycles. The van der Waals surface area contributed by atoms with Gasteiger partial charge in [0, 0.05) is 0 Å². The second-order valence-corrected chi connectivity index (χ2v) is 4.89. The summed E-state index contributed by atoms with van der Waals surface area (Å²) < 4.78 is 4.73. The maximum atomic E-state index is 11.4. The molecule has 0 spiro atoms. The Kier molecular flexibility index (Phi) is 17.0. The second kappa shape index (κ2) is 15.3. The van der Waals surface area contributed by atoms with Crippen molar-refractivity contribution in [2.75, 3.05) is 6.61 Å². The SMILES string of the molecule is CCCCCCCCCCC(C(=O)[O-])C(=O)OCC.[Na+]. The van der Waals surface area contributed by atoms with Gasteiger partial charge >= 0.3 is 35.5 Å². The molecule has 0 rings (SSSR count). The van der Waals surface area contributed by atoms with Crippen LogP contribution in [0.25, 0.3) is 0 Å². The number of unbranched alkanes of at least 4 members (excludes halogenated alkanes) is 7. The Hall–Kier alpha value is -0.0600. The monoisotopic (exact) mass is 294 g/mol. The Bertz CT molecular complexity index is 256. The number of esters is 1. The van der Waals surface area contributed by atoms with E-state index >= 15 is 0 Å². The summed E-state index contributed by atoms with van der Waals surface area (Å²) in [5, 5.41) is 10.8. The molecule has 4 nitrogen and oxygen atoms in total. The third-order valence-corrected chi connectivity index (χ3v) is 3.20. The molecule has 0 radical (unpaired) electrons. The maximum absolute atomic E-state index is 11.4. The molecule has 0 aromatic heterocycles. The summed E-state index contributed by atoms with van der Waals surface area (Å²) in [6, 6.07) is 0. The molecule has 0 aliphatic rings. The fourth-order valence-electron chi connectivity index (χ4n) is 2.06. The topological polar surface area (TPSA) is 66.4 Å². The molecule has 0 amide bonds. The van der Waals surface area contributed by atoms with Gasteiger partial charge in [-0.15, -0.1) is 0 Å². The number of carbonyl (C=O) groups is 2. The third kappa shape index (κ3) is 11.7. The minimum atomic E-state index is -1.32. The van der Waals surface area contributed by atoms with E-state index in [1.54, 1.807) is 6.92 Å². The van der Waals surface area contributed by atoms with E-state index in [0.717, 1.165) is 19.3 Å². The molecule has 0 aliphatic carbocycles. The number of carbonyl (C=O) groups excluding carboxylic acids is 2. The van der Waals surface area contributed by atoms with Gasteiger partial charge in [0.15, 0.2) is 0 Å². The molecule has 20 heavy (non-hydrogen) atoms. The third-order valence-electron chi connectivity index (χ3n) is 3.20. The molecule has 0 heterocycles. The fourth-order valence-corrected chi connectivity index (χ4v) is 2.06. The summed E-state index contributed by atoms with van der Waals surface area (Å²) in [6.07, 6.45) is 9.39. The number of hydrogen-bond acceptors (Lipinski definition) is 4. The minimum Gasteiger partial charge on any atom is -0.549 e. The Balaban J connectivity index is 0. The van der Waals surface area contributed by atoms with Crippen LogP contribution < -0.4 is 34.7 Å². The van der Waals surface area contributed by atoms with Crippen molar-refractivity contribution in [1.82, 2.24) is 0 Å². The number of ether oxygens (including phenoxy) is 1. The van der Waals surface area contributed by atoms with E-state index in [1.807, 2.05) is 0 Å². The first-order valence-corrected chi connectivity index (χ1v) is 7.50. The van der Waals surface area contributed by atoms with Gasteiger partial charge in [-0.2, -0.15) is 0 Å². The number of rotatable bonds is 12. The minimum absolute atomic E-state index is 0. The van der Waals surface area contributed by atoms with E-state index in [4.69, 9.17) is 4.74 Å². The Morgan fingerprint density at radius 3 is 1.90 bits per heavy atom. The summed E-state index contributed by atoms with van der Waals surface area (Å²) in [4.78, 5) is 22.2. The summed E-state index contributed by atoms with van der Waals surface area (Å²) in [5.41, 5.74) is 0. The van der Waals surface area contributed by atoms with Crippen molar-refractivity contribution in [2.24, 2.45) is 5.92 Å². The summed E-state index contributed by atoms with van der Waals surface area (Å²) in [5.74, 6) is -3.08. The molecule has 1 atom stereocenters. The molecule has 0 aromatic rings. The summed E-state index contributed by atoms with van der Waals surface area (Å²) in [6.45, 7) is 4.07. The molecule has 0 N–H and O–H groups in total. The summed E-state index contributed by atoms with van der Waals surface area (Å²) in [7, 11) is 0. The number of hydrogen-bond donors (Lipinski definition) is 0. The van der Waals surface area contributed by atoms with E-state index in [9.17, 15) is 14.7 Å². The number of carboxylic acids is 1. The van der Waals surface area contributed by atoms with Crippen LogP contribution in [0.3, 0.4) is 0 Å². The molecular formula is C15H27NaO4. The molecule has 0 bridgehead atoms. The van der Waals surface area contributed by atoms with Crippen molar-refractivity contribution >= 4 is 11.9 Å². The van der Waals surface area contributed by atoms with Crippen molar-refractivity contribution in [3.63, 3.8) is 0 Å². The van der Waals surface area contributed by atoms with Crippen LogP contribution in [0.2, 0.25) is 0 Å². The zero-order valence-corrected chi connectivity index (χ0v) is 15.3. The van der Waals surface area contributed by atoms with Gasteiger partial charge in [-0.1, -0.05) is 58.3 Å². The normalized spacial score (nSPS) is 11.5. The molecule has 5 heteroatoms. The van der Waals surface area contributed by atoms with Crippen molar-refractivity contribution < 1.29 is 49.0 Å². The quantitative estimate of drug-likeness (QED) is 0.210. The van der Waals surface area contributed by atoms with E-state index in [2.05, 4.69) is 6.92 Å². The molecule has 0 aliphatic heterocycles. The van der Waals surface area contributed by atoms with E-state index < -0.39 is 17.9 Å². The number of carboxylic acid groups (broad SMARTS) is 1. The van der Waals surface area contributed by atoms with Crippen molar-refractivity contribution in [3.8, 4) is 0 Å². The fraction of sp³-hybridized carbons (Fsp3) is 0.867. The van der Waals surface area contributed by atoms with Gasteiger partial charge in [0.05, 0.1) is 18.5 Å². The van der Waals surface area contributed by atoms with Crippen LogP contribution in [-0.2, 0) is 14.3 Å². The van der Waals surface area contributed by atoms with Crippen LogP contribution in [0.1, 0.15) is 71.6 Å². The zero-order chi connectivity index (χ0) is 14.5. The van der Waals surface area contributed by atoms with Gasteiger partial charge in [-0.3, -0.25) is 4.79 Å². The summed E-state index contributed by atoms with van der Waals surface area (Å²) >= 11 is 0. The van der Waals surface area contributed by atoms with Gasteiger partial charge in [-0.25, -0.2) is 0 Å². The van der Waals surface area contributed by atoms with Crippen LogP contribution in [0.4, 0.5) is 0 Å². The van der Waals surface area contributed by atoms with Gasteiger partial charge < -0.3 is 14.6 Å². The first-order chi connectivity index (χ1) is 9.13. The average Bonchev–Trinajstić information content (AvgIpc) is 2.36. The van der Waals surface area contributed by atoms with E-state index in [0.29, 0.717) is 6.42 Å². The van der Waals surface area contributed by atoms with Gasteiger partial charge in [0.25, 0.3) is 0 Å². The average molecular weight is 294 g/mol. The van der Waals surface area contributed by atoms with Crippen LogP contribution in [0.5, 0.6) is 0 Å². The van der Waals surface area contributed by atoms with Crippen LogP contribution in [0.15, 0.2) is 0 Å². The van der Waals surface area contributed by atoms with E-state index in [-0.39, 0.29) is 36.2 Å². The molecule has 1 unspecified atom stereocenters. The van der Waals surface area contributed by atoms with Crippen LogP contribution >= 0.6 is 0 Å². The Morgan fingerprint density at radius 2 is 1.45 bits per heavy atom. The standard InChI is InChI=1S/C15H28O4.Na/c1-3-5-6-7-8-9-10-11-12-13(14(16)17)15(18)19-4-2;/h13H,3-12H2,1-2H3,(H,16,17);/q;+1/p-1. The van der Waals surface area contributed by atoms with Crippen LogP contribution in [0, 0.1) is 5.92 Å². The van der Waals surface area contributed by atoms with E-state index in [1.165, 1.54) is 32.1 Å². The predicted molar refractivity (Wildman–Crippen MR) is 72.4 cm³/mol. The molecule has 0 saturated carbocycles. The zero-order valence-electron chi connectivity index (χ0n) is 13.3. The largest absolute Gasteiger partial charge is 1.00 e. The van der Waals surface area contributed by atoms with Gasteiger partial charge in [-0.05, 0) is 13.3 Å². The predicted octanol–water partition coefficient (Wildman–Crippen LogP) is -0.550.